The van der Waals surface area contributed by atoms with Crippen molar-refractivity contribution in [3.63, 3.8) is 0 Å². The van der Waals surface area contributed by atoms with Crippen LogP contribution in [0, 0.1) is 13.8 Å². The highest BCUT2D eigenvalue weighted by molar-refractivity contribution is 5.82. The van der Waals surface area contributed by atoms with Gasteiger partial charge in [-0.15, -0.1) is 5.10 Å². The molecule has 2 N–H and O–H groups in total. The monoisotopic (exact) mass is 221 g/mol. The van der Waals surface area contributed by atoms with E-state index in [9.17, 15) is 4.79 Å². The molecule has 84 valence electrons. The first-order chi connectivity index (χ1) is 7.59. The summed E-state index contributed by atoms with van der Waals surface area (Å²) in [6.45, 7) is 3.95. The molecule has 0 amide bonds. The second-order valence-electron chi connectivity index (χ2n) is 2.96. The van der Waals surface area contributed by atoms with Crippen molar-refractivity contribution in [2.24, 2.45) is 0 Å². The maximum atomic E-state index is 10.0. The van der Waals surface area contributed by atoms with Gasteiger partial charge < -0.3 is 5.11 Å². The van der Waals surface area contributed by atoms with Crippen LogP contribution < -0.4 is 0 Å². The fourth-order valence-corrected chi connectivity index (χ4v) is 0.900. The smallest absolute Gasteiger partial charge is 0.375 e. The molecule has 0 aliphatic rings. The van der Waals surface area contributed by atoms with Crippen LogP contribution in [0.25, 0.3) is 0 Å². The van der Waals surface area contributed by atoms with Crippen LogP contribution in [0.1, 0.15) is 22.0 Å². The third kappa shape index (κ3) is 3.82. The third-order valence-electron chi connectivity index (χ3n) is 1.51. The number of nitrogens with zero attached hydrogens (tertiary/aromatic N) is 4. The molecular formula is C9H11N5O2. The first-order valence-electron chi connectivity index (χ1n) is 4.45. The number of aromatic amines is 1. The molecule has 0 aliphatic carbocycles. The SMILES string of the molecule is Cc1cc(C)[nH]n1.O=C(O)c1nccnn1. The minimum Gasteiger partial charge on any atom is -0.475 e. The first kappa shape index (κ1) is 11.8. The van der Waals surface area contributed by atoms with Gasteiger partial charge in [0.25, 0.3) is 5.82 Å². The number of rotatable bonds is 1. The Balaban J connectivity index is 0.000000165. The number of aryl methyl sites for hydroxylation is 2. The highest BCUT2D eigenvalue weighted by Gasteiger charge is 2.02. The molecule has 0 fully saturated rings. The van der Waals surface area contributed by atoms with Crippen LogP contribution in [-0.2, 0) is 0 Å². The summed E-state index contributed by atoms with van der Waals surface area (Å²) in [6, 6.07) is 2.00. The van der Waals surface area contributed by atoms with E-state index in [0.717, 1.165) is 11.4 Å². The molecule has 0 atom stereocenters. The van der Waals surface area contributed by atoms with Crippen molar-refractivity contribution in [3.8, 4) is 0 Å². The number of H-pyrrole nitrogens is 1. The minimum atomic E-state index is -1.16. The highest BCUT2D eigenvalue weighted by Crippen LogP contribution is 1.92. The number of hydrogen-bond acceptors (Lipinski definition) is 5. The van der Waals surface area contributed by atoms with E-state index in [1.54, 1.807) is 0 Å². The maximum Gasteiger partial charge on any atom is 0.375 e. The van der Waals surface area contributed by atoms with E-state index < -0.39 is 5.97 Å². The number of carbonyl (C=O) groups is 1. The fraction of sp³-hybridized carbons (Fsp3) is 0.222. The second-order valence-corrected chi connectivity index (χ2v) is 2.96. The summed E-state index contributed by atoms with van der Waals surface area (Å²) < 4.78 is 0. The summed E-state index contributed by atoms with van der Waals surface area (Å²) in [5, 5.41) is 21.5. The van der Waals surface area contributed by atoms with Gasteiger partial charge in [0, 0.05) is 11.9 Å². The molecule has 2 aromatic heterocycles. The lowest BCUT2D eigenvalue weighted by Gasteiger charge is -1.84. The number of carboxylic acids is 1. The van der Waals surface area contributed by atoms with Gasteiger partial charge in [-0.2, -0.15) is 10.2 Å². The van der Waals surface area contributed by atoms with Crippen molar-refractivity contribution < 1.29 is 9.90 Å². The van der Waals surface area contributed by atoms with Crippen LogP contribution in [0.5, 0.6) is 0 Å². The molecule has 7 heteroatoms. The molecule has 2 rings (SSSR count). The van der Waals surface area contributed by atoms with Crippen LogP contribution in [0.15, 0.2) is 18.5 Å². The van der Waals surface area contributed by atoms with Gasteiger partial charge >= 0.3 is 5.97 Å². The molecule has 0 bridgehead atoms. The number of hydrogen-bond donors (Lipinski definition) is 2. The third-order valence-corrected chi connectivity index (χ3v) is 1.51. The Labute approximate surface area is 91.6 Å². The zero-order chi connectivity index (χ0) is 12.0. The molecule has 7 nitrogen and oxygen atoms in total. The van der Waals surface area contributed by atoms with E-state index in [0.29, 0.717) is 0 Å². The molecule has 0 saturated heterocycles. The van der Waals surface area contributed by atoms with Crippen LogP contribution in [0.4, 0.5) is 0 Å². The van der Waals surface area contributed by atoms with Gasteiger partial charge in [-0.25, -0.2) is 9.78 Å². The Hall–Kier alpha value is -2.31. The van der Waals surface area contributed by atoms with Gasteiger partial charge in [-0.05, 0) is 19.9 Å². The summed E-state index contributed by atoms with van der Waals surface area (Å²) in [7, 11) is 0. The molecule has 0 saturated carbocycles. The van der Waals surface area contributed by atoms with E-state index in [1.165, 1.54) is 12.4 Å². The van der Waals surface area contributed by atoms with Crippen molar-refractivity contribution >= 4 is 5.97 Å². The van der Waals surface area contributed by atoms with Crippen LogP contribution >= 0.6 is 0 Å². The number of carboxylic acid groups (broad SMARTS) is 1. The molecular weight excluding hydrogens is 210 g/mol. The zero-order valence-electron chi connectivity index (χ0n) is 8.88. The summed E-state index contributed by atoms with van der Waals surface area (Å²) in [6.07, 6.45) is 2.59. The average Bonchev–Trinajstić information content (AvgIpc) is 2.65. The normalized spacial score (nSPS) is 9.12. The lowest BCUT2D eigenvalue weighted by Crippen LogP contribution is -2.03. The topological polar surface area (TPSA) is 105 Å². The summed E-state index contributed by atoms with van der Waals surface area (Å²) in [4.78, 5) is 13.4. The van der Waals surface area contributed by atoms with Crippen molar-refractivity contribution in [1.29, 1.82) is 0 Å². The Bertz CT molecular complexity index is 437. The summed E-state index contributed by atoms with van der Waals surface area (Å²) >= 11 is 0. The minimum absolute atomic E-state index is 0.280. The molecule has 0 spiro atoms. The molecule has 0 radical (unpaired) electrons. The van der Waals surface area contributed by atoms with Gasteiger partial charge in [0.1, 0.15) is 0 Å². The van der Waals surface area contributed by atoms with E-state index in [2.05, 4.69) is 25.4 Å². The number of aromatic nitrogens is 5. The predicted molar refractivity (Wildman–Crippen MR) is 54.8 cm³/mol. The van der Waals surface area contributed by atoms with Gasteiger partial charge in [0.2, 0.25) is 0 Å². The van der Waals surface area contributed by atoms with Gasteiger partial charge in [0.15, 0.2) is 0 Å². The number of nitrogens with one attached hydrogen (secondary N) is 1. The molecule has 0 aromatic carbocycles. The van der Waals surface area contributed by atoms with Gasteiger partial charge in [-0.3, -0.25) is 5.10 Å². The number of aromatic carboxylic acids is 1. The largest absolute Gasteiger partial charge is 0.475 e. The predicted octanol–water partition coefficient (Wildman–Crippen LogP) is 0.596. The molecule has 2 aromatic rings. The zero-order valence-corrected chi connectivity index (χ0v) is 8.88. The van der Waals surface area contributed by atoms with Crippen molar-refractivity contribution in [2.45, 2.75) is 13.8 Å². The lowest BCUT2D eigenvalue weighted by molar-refractivity contribution is 0.0682. The van der Waals surface area contributed by atoms with Crippen molar-refractivity contribution in [1.82, 2.24) is 25.4 Å². The Morgan fingerprint density at radius 3 is 2.38 bits per heavy atom. The van der Waals surface area contributed by atoms with Crippen molar-refractivity contribution in [2.75, 3.05) is 0 Å². The molecule has 16 heavy (non-hydrogen) atoms. The molecule has 0 aliphatic heterocycles. The van der Waals surface area contributed by atoms with Gasteiger partial charge in [-0.1, -0.05) is 0 Å². The van der Waals surface area contributed by atoms with Gasteiger partial charge in [0.05, 0.1) is 11.9 Å². The quantitative estimate of drug-likeness (QED) is 0.730. The average molecular weight is 221 g/mol. The Morgan fingerprint density at radius 1 is 1.38 bits per heavy atom. The van der Waals surface area contributed by atoms with E-state index in [4.69, 9.17) is 5.11 Å². The highest BCUT2D eigenvalue weighted by atomic mass is 16.4. The molecule has 2 heterocycles. The summed E-state index contributed by atoms with van der Waals surface area (Å²) in [5.41, 5.74) is 2.18. The van der Waals surface area contributed by atoms with E-state index >= 15 is 0 Å². The first-order valence-corrected chi connectivity index (χ1v) is 4.45. The molecule has 0 unspecified atom stereocenters. The van der Waals surface area contributed by atoms with E-state index in [1.807, 2.05) is 19.9 Å². The summed E-state index contributed by atoms with van der Waals surface area (Å²) in [5.74, 6) is -1.44. The lowest BCUT2D eigenvalue weighted by atomic mass is 10.4. The van der Waals surface area contributed by atoms with E-state index in [-0.39, 0.29) is 5.82 Å². The Kier molecular flexibility index (Phi) is 4.07. The fourth-order valence-electron chi connectivity index (χ4n) is 0.900. The van der Waals surface area contributed by atoms with Crippen LogP contribution in [0.2, 0.25) is 0 Å². The Morgan fingerprint density at radius 2 is 2.12 bits per heavy atom. The maximum absolute atomic E-state index is 10.0. The second kappa shape index (κ2) is 5.54. The van der Waals surface area contributed by atoms with Crippen molar-refractivity contribution in [3.05, 3.63) is 35.7 Å². The van der Waals surface area contributed by atoms with Crippen LogP contribution in [-0.4, -0.2) is 36.5 Å². The standard InChI is InChI=1S/C5H8N2.C4H3N3O2/c1-4-3-5(2)7-6-4;8-4(9)3-5-1-2-6-7-3/h3H,1-2H3,(H,6,7);1-2H,(H,8,9). The van der Waals surface area contributed by atoms with Crippen LogP contribution in [0.3, 0.4) is 0 Å².